The van der Waals surface area contributed by atoms with Gasteiger partial charge in [0.15, 0.2) is 0 Å². The van der Waals surface area contributed by atoms with Gasteiger partial charge in [0.25, 0.3) is 0 Å². The van der Waals surface area contributed by atoms with Crippen LogP contribution in [0, 0.1) is 0 Å². The third-order valence-corrected chi connectivity index (χ3v) is 5.83. The van der Waals surface area contributed by atoms with Gasteiger partial charge in [0, 0.05) is 0 Å². The van der Waals surface area contributed by atoms with E-state index in [2.05, 4.69) is 5.32 Å². The fourth-order valence-electron chi connectivity index (χ4n) is 2.05. The van der Waals surface area contributed by atoms with E-state index in [0.717, 1.165) is 9.36 Å². The Hall–Kier alpha value is -1.69. The summed E-state index contributed by atoms with van der Waals surface area (Å²) in [7, 11) is 0. The minimum absolute atomic E-state index is 0.237. The van der Waals surface area contributed by atoms with Crippen LogP contribution in [-0.4, -0.2) is 55.0 Å². The number of amides is 3. The van der Waals surface area contributed by atoms with Crippen molar-refractivity contribution in [3.63, 3.8) is 0 Å². The van der Waals surface area contributed by atoms with E-state index >= 15 is 0 Å². The molecule has 1 saturated heterocycles. The number of imide groups is 1. The number of nitrogens with zero attached hydrogens (tertiary/aromatic N) is 1. The number of hydrogen-bond acceptors (Lipinski definition) is 4. The van der Waals surface area contributed by atoms with Gasteiger partial charge in [-0.25, -0.2) is 0 Å². The quantitative estimate of drug-likeness (QED) is 0.683. The molecule has 0 saturated carbocycles. The molecule has 1 heterocycles. The van der Waals surface area contributed by atoms with Crippen LogP contribution in [0.1, 0.15) is 13.8 Å². The molecule has 0 radical (unpaired) electrons. The van der Waals surface area contributed by atoms with Gasteiger partial charge in [-0.05, 0) is 0 Å². The van der Waals surface area contributed by atoms with E-state index in [1.165, 1.54) is 6.92 Å². The van der Waals surface area contributed by atoms with E-state index in [0.29, 0.717) is 0 Å². The SMILES string of the molecule is CC(=O)N1CC(=O)NC(O)(C(C)[Se]c2ccccc2)C1=O. The third kappa shape index (κ3) is 3.15. The fraction of sp³-hybridized carbons (Fsp3) is 0.357. The van der Waals surface area contributed by atoms with Crippen LogP contribution in [0.25, 0.3) is 0 Å². The van der Waals surface area contributed by atoms with Crippen LogP contribution in [-0.2, 0) is 14.4 Å². The Bertz CT molecular complexity index is 578. The first-order valence-electron chi connectivity index (χ1n) is 6.42. The van der Waals surface area contributed by atoms with E-state index in [1.807, 2.05) is 30.3 Å². The molecule has 1 aliphatic heterocycles. The molecule has 1 aromatic carbocycles. The molecule has 112 valence electrons. The van der Waals surface area contributed by atoms with Crippen molar-refractivity contribution in [1.29, 1.82) is 0 Å². The first kappa shape index (κ1) is 15.7. The molecule has 0 spiro atoms. The van der Waals surface area contributed by atoms with E-state index in [1.54, 1.807) is 6.92 Å². The topological polar surface area (TPSA) is 86.7 Å². The molecule has 0 aliphatic carbocycles. The summed E-state index contributed by atoms with van der Waals surface area (Å²) in [5.74, 6) is -1.85. The number of carbonyl (C=O) groups excluding carboxylic acids is 3. The number of aliphatic hydroxyl groups is 1. The van der Waals surface area contributed by atoms with Crippen LogP contribution in [0.2, 0.25) is 4.82 Å². The van der Waals surface area contributed by atoms with Crippen LogP contribution in [0.5, 0.6) is 0 Å². The molecule has 7 heteroatoms. The standard InChI is InChI=1S/C14H16N2O4Se/c1-9(21-11-6-4-3-5-7-11)14(20)13(19)16(10(2)17)8-12(18)15-14/h3-7,9,20H,8H2,1-2H3,(H,15,18). The molecule has 0 aromatic heterocycles. The van der Waals surface area contributed by atoms with Crippen molar-refractivity contribution in [3.05, 3.63) is 30.3 Å². The van der Waals surface area contributed by atoms with Gasteiger partial charge >= 0.3 is 128 Å². The van der Waals surface area contributed by atoms with Crippen molar-refractivity contribution in [2.75, 3.05) is 6.54 Å². The molecule has 2 atom stereocenters. The first-order valence-corrected chi connectivity index (χ1v) is 8.27. The molecular weight excluding hydrogens is 339 g/mol. The average Bonchev–Trinajstić information content (AvgIpc) is 2.43. The van der Waals surface area contributed by atoms with Gasteiger partial charge in [0.1, 0.15) is 0 Å². The maximum absolute atomic E-state index is 12.3. The molecule has 3 amide bonds. The predicted octanol–water partition coefficient (Wildman–Crippen LogP) is -0.982. The zero-order chi connectivity index (χ0) is 15.6. The van der Waals surface area contributed by atoms with Crippen molar-refractivity contribution in [2.45, 2.75) is 24.4 Å². The van der Waals surface area contributed by atoms with Gasteiger partial charge in [-0.1, -0.05) is 0 Å². The molecule has 1 fully saturated rings. The maximum atomic E-state index is 12.3. The molecule has 0 bridgehead atoms. The molecule has 2 unspecified atom stereocenters. The summed E-state index contributed by atoms with van der Waals surface area (Å²) < 4.78 is 0.993. The first-order chi connectivity index (χ1) is 9.84. The van der Waals surface area contributed by atoms with Gasteiger partial charge in [-0.2, -0.15) is 0 Å². The normalized spacial score (nSPS) is 23.7. The summed E-state index contributed by atoms with van der Waals surface area (Å²) in [5, 5.41) is 12.9. The summed E-state index contributed by atoms with van der Waals surface area (Å²) in [6.07, 6.45) is 0. The van der Waals surface area contributed by atoms with Crippen LogP contribution < -0.4 is 9.78 Å². The molecule has 1 aromatic rings. The van der Waals surface area contributed by atoms with Gasteiger partial charge in [0.2, 0.25) is 0 Å². The van der Waals surface area contributed by atoms with Gasteiger partial charge in [-0.15, -0.1) is 0 Å². The number of benzene rings is 1. The molecule has 2 N–H and O–H groups in total. The molecule has 1 aliphatic rings. The summed E-state index contributed by atoms with van der Waals surface area (Å²) in [4.78, 5) is 35.7. The number of piperazine rings is 1. The summed E-state index contributed by atoms with van der Waals surface area (Å²) >= 11 is -0.237. The van der Waals surface area contributed by atoms with Gasteiger partial charge in [0.05, 0.1) is 0 Å². The molecular formula is C14H16N2O4Se. The van der Waals surface area contributed by atoms with E-state index in [-0.39, 0.29) is 21.5 Å². The Labute approximate surface area is 128 Å². The third-order valence-electron chi connectivity index (χ3n) is 3.23. The Morgan fingerprint density at radius 1 is 1.38 bits per heavy atom. The zero-order valence-electron chi connectivity index (χ0n) is 11.7. The second kappa shape index (κ2) is 5.97. The van der Waals surface area contributed by atoms with Crippen molar-refractivity contribution in [1.82, 2.24) is 10.2 Å². The molecule has 21 heavy (non-hydrogen) atoms. The zero-order valence-corrected chi connectivity index (χ0v) is 13.4. The Morgan fingerprint density at radius 3 is 2.57 bits per heavy atom. The Balaban J connectivity index is 2.24. The predicted molar refractivity (Wildman–Crippen MR) is 76.7 cm³/mol. The Kier molecular flexibility index (Phi) is 4.46. The fourth-order valence-corrected chi connectivity index (χ4v) is 4.25. The van der Waals surface area contributed by atoms with Crippen molar-refractivity contribution < 1.29 is 19.5 Å². The van der Waals surface area contributed by atoms with Crippen LogP contribution in [0.4, 0.5) is 0 Å². The van der Waals surface area contributed by atoms with Crippen LogP contribution in [0.3, 0.4) is 0 Å². The van der Waals surface area contributed by atoms with Crippen molar-refractivity contribution in [3.8, 4) is 0 Å². The van der Waals surface area contributed by atoms with Crippen LogP contribution >= 0.6 is 0 Å². The van der Waals surface area contributed by atoms with E-state index in [9.17, 15) is 19.5 Å². The number of hydrogen-bond donors (Lipinski definition) is 2. The number of nitrogens with one attached hydrogen (secondary N) is 1. The van der Waals surface area contributed by atoms with E-state index in [4.69, 9.17) is 0 Å². The summed E-state index contributed by atoms with van der Waals surface area (Å²) in [5.41, 5.74) is -2.03. The Morgan fingerprint density at radius 2 is 2.00 bits per heavy atom. The number of carbonyl (C=O) groups is 3. The van der Waals surface area contributed by atoms with Gasteiger partial charge in [-0.3, -0.25) is 0 Å². The second-order valence-electron chi connectivity index (χ2n) is 4.80. The molecule has 6 nitrogen and oxygen atoms in total. The van der Waals surface area contributed by atoms with E-state index < -0.39 is 28.3 Å². The minimum atomic E-state index is -2.03. The second-order valence-corrected chi connectivity index (χ2v) is 7.77. The summed E-state index contributed by atoms with van der Waals surface area (Å²) in [6, 6.07) is 9.42. The van der Waals surface area contributed by atoms with Crippen molar-refractivity contribution in [2.24, 2.45) is 0 Å². The monoisotopic (exact) mass is 356 g/mol. The number of rotatable bonds is 3. The summed E-state index contributed by atoms with van der Waals surface area (Å²) in [6.45, 7) is 2.54. The van der Waals surface area contributed by atoms with Crippen LogP contribution in [0.15, 0.2) is 30.3 Å². The average molecular weight is 355 g/mol. The molecule has 2 rings (SSSR count). The van der Waals surface area contributed by atoms with Crippen molar-refractivity contribution >= 4 is 37.1 Å². The van der Waals surface area contributed by atoms with Gasteiger partial charge < -0.3 is 0 Å².